The minimum Gasteiger partial charge on any atom is -0.497 e. The average molecular weight is 423 g/mol. The lowest BCUT2D eigenvalue weighted by atomic mass is 10.1. The van der Waals surface area contributed by atoms with Crippen LogP contribution in [0.1, 0.15) is 19.8 Å². The smallest absolute Gasteiger partial charge is 0.293 e. The van der Waals surface area contributed by atoms with Gasteiger partial charge in [-0.1, -0.05) is 24.7 Å². The third kappa shape index (κ3) is 3.97. The van der Waals surface area contributed by atoms with Crippen LogP contribution in [-0.4, -0.2) is 33.2 Å². The highest BCUT2D eigenvalue weighted by atomic mass is 32.1. The maximum Gasteiger partial charge on any atom is 0.293 e. The molecule has 4 rings (SSSR count). The van der Waals surface area contributed by atoms with E-state index < -0.39 is 0 Å². The Morgan fingerprint density at radius 1 is 1.20 bits per heavy atom. The molecular formula is C21H21N5O3S. The number of methoxy groups -OCH3 is 1. The van der Waals surface area contributed by atoms with Crippen LogP contribution in [0.2, 0.25) is 0 Å². The zero-order valence-corrected chi connectivity index (χ0v) is 17.5. The van der Waals surface area contributed by atoms with Crippen LogP contribution < -0.4 is 10.1 Å². The molecule has 0 saturated heterocycles. The number of fused-ring (bicyclic) bond motifs is 1. The average Bonchev–Trinajstić information content (AvgIpc) is 3.33. The fourth-order valence-corrected chi connectivity index (χ4v) is 3.96. The predicted octanol–water partition coefficient (Wildman–Crippen LogP) is 5.25. The first-order chi connectivity index (χ1) is 14.6. The van der Waals surface area contributed by atoms with Crippen molar-refractivity contribution in [1.29, 1.82) is 0 Å². The fourth-order valence-electron chi connectivity index (χ4n) is 3.08. The molecule has 0 aliphatic heterocycles. The van der Waals surface area contributed by atoms with E-state index in [2.05, 4.69) is 22.3 Å². The predicted molar refractivity (Wildman–Crippen MR) is 118 cm³/mol. The molecule has 30 heavy (non-hydrogen) atoms. The maximum absolute atomic E-state index is 11.5. The Hall–Kier alpha value is -3.46. The van der Waals surface area contributed by atoms with Crippen LogP contribution in [0.3, 0.4) is 0 Å². The summed E-state index contributed by atoms with van der Waals surface area (Å²) in [5, 5.41) is 19.9. The molecule has 154 valence electrons. The van der Waals surface area contributed by atoms with E-state index >= 15 is 0 Å². The second-order valence-corrected chi connectivity index (χ2v) is 7.71. The molecule has 0 bridgehead atoms. The van der Waals surface area contributed by atoms with Crippen molar-refractivity contribution in [2.75, 3.05) is 19.0 Å². The maximum atomic E-state index is 11.5. The van der Waals surface area contributed by atoms with Crippen molar-refractivity contribution in [2.24, 2.45) is 0 Å². The molecule has 2 aromatic carbocycles. The molecule has 0 spiro atoms. The largest absolute Gasteiger partial charge is 0.497 e. The minimum absolute atomic E-state index is 0.0513. The van der Waals surface area contributed by atoms with Crippen molar-refractivity contribution in [3.05, 3.63) is 58.8 Å². The van der Waals surface area contributed by atoms with Crippen LogP contribution in [0.4, 0.5) is 11.4 Å². The van der Waals surface area contributed by atoms with E-state index in [1.807, 2.05) is 36.5 Å². The second kappa shape index (κ2) is 8.50. The van der Waals surface area contributed by atoms with Crippen LogP contribution in [-0.2, 0) is 0 Å². The molecule has 0 aliphatic carbocycles. The van der Waals surface area contributed by atoms with Crippen LogP contribution >= 0.6 is 11.3 Å². The van der Waals surface area contributed by atoms with Gasteiger partial charge in [-0.05, 0) is 42.8 Å². The normalized spacial score (nSPS) is 11.0. The molecule has 0 radical (unpaired) electrons. The molecule has 4 aromatic rings. The number of nitro benzene ring substituents is 1. The second-order valence-electron chi connectivity index (χ2n) is 6.76. The third-order valence-electron chi connectivity index (χ3n) is 4.72. The van der Waals surface area contributed by atoms with Gasteiger partial charge in [0.05, 0.1) is 23.9 Å². The van der Waals surface area contributed by atoms with Crippen molar-refractivity contribution < 1.29 is 9.66 Å². The van der Waals surface area contributed by atoms with E-state index in [-0.39, 0.29) is 10.6 Å². The molecule has 2 aromatic heterocycles. The SMILES string of the molecule is CCCCNc1ccc(-c2nn3cc(-c4ccc(OC)cc4)nc3s2)cc1[N+](=O)[O-]. The molecule has 0 amide bonds. The van der Waals surface area contributed by atoms with Crippen LogP contribution in [0, 0.1) is 10.1 Å². The fraction of sp³-hybridized carbons (Fsp3) is 0.238. The summed E-state index contributed by atoms with van der Waals surface area (Å²) in [4.78, 5) is 16.5. The Bertz CT molecular complexity index is 1150. The quantitative estimate of drug-likeness (QED) is 0.236. The summed E-state index contributed by atoms with van der Waals surface area (Å²) in [5.41, 5.74) is 3.05. The first kappa shape index (κ1) is 19.8. The van der Waals surface area contributed by atoms with Gasteiger partial charge in [0.2, 0.25) is 4.96 Å². The number of unbranched alkanes of at least 4 members (excludes halogenated alkanes) is 1. The number of ether oxygens (including phenoxy) is 1. The lowest BCUT2D eigenvalue weighted by Crippen LogP contribution is -2.04. The van der Waals surface area contributed by atoms with E-state index in [0.29, 0.717) is 22.8 Å². The van der Waals surface area contributed by atoms with Crippen molar-refractivity contribution >= 4 is 27.7 Å². The Labute approximate surface area is 177 Å². The summed E-state index contributed by atoms with van der Waals surface area (Å²) in [6.07, 6.45) is 3.83. The number of nitrogens with zero attached hydrogens (tertiary/aromatic N) is 4. The Kier molecular flexibility index (Phi) is 5.62. The summed E-state index contributed by atoms with van der Waals surface area (Å²) in [7, 11) is 1.63. The van der Waals surface area contributed by atoms with E-state index in [4.69, 9.17) is 4.74 Å². The Morgan fingerprint density at radius 3 is 2.63 bits per heavy atom. The van der Waals surface area contributed by atoms with Gasteiger partial charge in [0.25, 0.3) is 5.69 Å². The lowest BCUT2D eigenvalue weighted by Gasteiger charge is -2.07. The summed E-state index contributed by atoms with van der Waals surface area (Å²) >= 11 is 1.39. The summed E-state index contributed by atoms with van der Waals surface area (Å²) < 4.78 is 6.89. The van der Waals surface area contributed by atoms with Crippen LogP contribution in [0.25, 0.3) is 26.8 Å². The number of nitro groups is 1. The van der Waals surface area contributed by atoms with Gasteiger partial charge in [-0.2, -0.15) is 5.10 Å². The molecule has 0 unspecified atom stereocenters. The zero-order chi connectivity index (χ0) is 21.1. The van der Waals surface area contributed by atoms with Gasteiger partial charge >= 0.3 is 0 Å². The number of anilines is 1. The molecule has 0 fully saturated rings. The van der Waals surface area contributed by atoms with E-state index in [1.165, 1.54) is 11.3 Å². The van der Waals surface area contributed by atoms with E-state index in [9.17, 15) is 10.1 Å². The lowest BCUT2D eigenvalue weighted by molar-refractivity contribution is -0.383. The highest BCUT2D eigenvalue weighted by Crippen LogP contribution is 2.33. The summed E-state index contributed by atoms with van der Waals surface area (Å²) in [5.74, 6) is 0.786. The molecule has 0 atom stereocenters. The van der Waals surface area contributed by atoms with Gasteiger partial charge < -0.3 is 10.1 Å². The van der Waals surface area contributed by atoms with Crippen molar-refractivity contribution in [2.45, 2.75) is 19.8 Å². The molecule has 2 heterocycles. The molecule has 0 saturated carbocycles. The van der Waals surface area contributed by atoms with E-state index in [0.717, 1.165) is 34.8 Å². The number of imidazole rings is 1. The number of hydrogen-bond acceptors (Lipinski definition) is 7. The van der Waals surface area contributed by atoms with Crippen molar-refractivity contribution in [3.63, 3.8) is 0 Å². The summed E-state index contributed by atoms with van der Waals surface area (Å²) in [6.45, 7) is 2.79. The van der Waals surface area contributed by atoms with E-state index in [1.54, 1.807) is 23.8 Å². The van der Waals surface area contributed by atoms with Crippen LogP contribution in [0.15, 0.2) is 48.7 Å². The van der Waals surface area contributed by atoms with Crippen molar-refractivity contribution in [3.8, 4) is 27.6 Å². The number of hydrogen-bond donors (Lipinski definition) is 1. The van der Waals surface area contributed by atoms with Gasteiger partial charge in [0, 0.05) is 23.7 Å². The monoisotopic (exact) mass is 423 g/mol. The number of rotatable bonds is 8. The number of nitrogens with one attached hydrogen (secondary N) is 1. The first-order valence-corrected chi connectivity index (χ1v) is 10.4. The first-order valence-electron chi connectivity index (χ1n) is 9.62. The standard InChI is InChI=1S/C21H21N5O3S/c1-3-4-11-22-17-10-7-15(12-19(17)26(27)28)20-24-25-13-18(23-21(25)30-20)14-5-8-16(29-2)9-6-14/h5-10,12-13,22H,3-4,11H2,1-2H3. The zero-order valence-electron chi connectivity index (χ0n) is 16.7. The summed E-state index contributed by atoms with van der Waals surface area (Å²) in [6, 6.07) is 12.8. The van der Waals surface area contributed by atoms with Crippen LogP contribution in [0.5, 0.6) is 5.75 Å². The Morgan fingerprint density at radius 2 is 1.97 bits per heavy atom. The van der Waals surface area contributed by atoms with Gasteiger partial charge in [0.15, 0.2) is 0 Å². The van der Waals surface area contributed by atoms with Gasteiger partial charge in [-0.15, -0.1) is 0 Å². The number of benzene rings is 2. The highest BCUT2D eigenvalue weighted by Gasteiger charge is 2.18. The van der Waals surface area contributed by atoms with Gasteiger partial charge in [0.1, 0.15) is 16.4 Å². The molecule has 8 nitrogen and oxygen atoms in total. The molecule has 0 aliphatic rings. The Balaban J connectivity index is 1.62. The molecule has 1 N–H and O–H groups in total. The third-order valence-corrected chi connectivity index (χ3v) is 5.69. The van der Waals surface area contributed by atoms with Gasteiger partial charge in [-0.25, -0.2) is 9.50 Å². The highest BCUT2D eigenvalue weighted by molar-refractivity contribution is 7.19. The van der Waals surface area contributed by atoms with Crippen molar-refractivity contribution in [1.82, 2.24) is 14.6 Å². The molecular weight excluding hydrogens is 402 g/mol. The minimum atomic E-state index is -0.363. The number of aromatic nitrogens is 3. The topological polar surface area (TPSA) is 94.6 Å². The molecule has 9 heteroatoms. The van der Waals surface area contributed by atoms with Gasteiger partial charge in [-0.3, -0.25) is 10.1 Å².